The maximum atomic E-state index is 12.2. The highest BCUT2D eigenvalue weighted by atomic mass is 32.1. The Kier molecular flexibility index (Phi) is 2.94. The van der Waals surface area contributed by atoms with Gasteiger partial charge in [0.25, 0.3) is 0 Å². The molecule has 1 unspecified atom stereocenters. The van der Waals surface area contributed by atoms with Crippen molar-refractivity contribution < 1.29 is 14.4 Å². The average molecular weight is 267 g/mol. The van der Waals surface area contributed by atoms with E-state index in [1.165, 1.54) is 25.2 Å². The molecule has 0 saturated carbocycles. The first-order chi connectivity index (χ1) is 8.35. The van der Waals surface area contributed by atoms with E-state index in [9.17, 15) is 14.4 Å². The van der Waals surface area contributed by atoms with Gasteiger partial charge in [0.2, 0.25) is 11.8 Å². The van der Waals surface area contributed by atoms with Crippen LogP contribution in [-0.2, 0) is 9.59 Å². The molecule has 0 aliphatic carbocycles. The summed E-state index contributed by atoms with van der Waals surface area (Å²) in [6, 6.07) is -1.17. The standard InChI is InChI=1S/C11H13N3O3S/c1-6(7-12-4-5-18-7)14-9(16)11(2,3)8(15)13-10(14)17/h4-6H,1-3H3,(H,13,15,17). The molecule has 1 aliphatic rings. The zero-order chi connectivity index (χ0) is 13.5. The molecule has 0 radical (unpaired) electrons. The summed E-state index contributed by atoms with van der Waals surface area (Å²) in [6.07, 6.45) is 1.61. The van der Waals surface area contributed by atoms with Gasteiger partial charge in [0.15, 0.2) is 0 Å². The highest BCUT2D eigenvalue weighted by Crippen LogP contribution is 2.31. The van der Waals surface area contributed by atoms with E-state index in [0.717, 1.165) is 4.90 Å². The monoisotopic (exact) mass is 267 g/mol. The van der Waals surface area contributed by atoms with Crippen molar-refractivity contribution in [2.45, 2.75) is 26.8 Å². The van der Waals surface area contributed by atoms with Gasteiger partial charge in [-0.15, -0.1) is 11.3 Å². The first-order valence-electron chi connectivity index (χ1n) is 5.44. The Hall–Kier alpha value is -1.76. The molecule has 7 heteroatoms. The molecule has 1 saturated heterocycles. The normalized spacial score (nSPS) is 20.8. The molecular formula is C11H13N3O3S. The number of rotatable bonds is 2. The number of nitrogens with one attached hydrogen (secondary N) is 1. The third-order valence-electron chi connectivity index (χ3n) is 2.96. The van der Waals surface area contributed by atoms with E-state index < -0.39 is 29.3 Å². The maximum Gasteiger partial charge on any atom is 0.331 e. The van der Waals surface area contributed by atoms with E-state index in [1.807, 2.05) is 0 Å². The van der Waals surface area contributed by atoms with Crippen molar-refractivity contribution in [3.63, 3.8) is 0 Å². The summed E-state index contributed by atoms with van der Waals surface area (Å²) in [5.41, 5.74) is -1.24. The van der Waals surface area contributed by atoms with Crippen molar-refractivity contribution in [3.05, 3.63) is 16.6 Å². The van der Waals surface area contributed by atoms with Gasteiger partial charge in [-0.2, -0.15) is 0 Å². The first kappa shape index (κ1) is 12.7. The summed E-state index contributed by atoms with van der Waals surface area (Å²) in [7, 11) is 0. The molecule has 6 nitrogen and oxygen atoms in total. The lowest BCUT2D eigenvalue weighted by Crippen LogP contribution is -2.62. The van der Waals surface area contributed by atoms with Crippen molar-refractivity contribution in [2.24, 2.45) is 5.41 Å². The summed E-state index contributed by atoms with van der Waals surface area (Å²) in [6.45, 7) is 4.71. The average Bonchev–Trinajstić information content (AvgIpc) is 2.80. The van der Waals surface area contributed by atoms with Gasteiger partial charge >= 0.3 is 6.03 Å². The van der Waals surface area contributed by atoms with Crippen LogP contribution in [0.2, 0.25) is 0 Å². The van der Waals surface area contributed by atoms with Gasteiger partial charge < -0.3 is 0 Å². The molecule has 1 N–H and O–H groups in total. The molecule has 0 spiro atoms. The minimum Gasteiger partial charge on any atom is -0.277 e. The second-order valence-electron chi connectivity index (χ2n) is 4.61. The predicted octanol–water partition coefficient (Wildman–Crippen LogP) is 1.31. The number of imide groups is 2. The van der Waals surface area contributed by atoms with Crippen LogP contribution in [-0.4, -0.2) is 27.7 Å². The summed E-state index contributed by atoms with van der Waals surface area (Å²) >= 11 is 1.36. The van der Waals surface area contributed by atoms with Crippen LogP contribution >= 0.6 is 11.3 Å². The lowest BCUT2D eigenvalue weighted by atomic mass is 9.88. The minimum atomic E-state index is -1.24. The van der Waals surface area contributed by atoms with E-state index in [1.54, 1.807) is 18.5 Å². The van der Waals surface area contributed by atoms with Crippen LogP contribution in [0.25, 0.3) is 0 Å². The Morgan fingerprint density at radius 3 is 2.61 bits per heavy atom. The smallest absolute Gasteiger partial charge is 0.277 e. The molecule has 18 heavy (non-hydrogen) atoms. The van der Waals surface area contributed by atoms with E-state index in [2.05, 4.69) is 10.3 Å². The molecule has 1 aromatic heterocycles. The van der Waals surface area contributed by atoms with Gasteiger partial charge in [0.05, 0.1) is 6.04 Å². The number of aromatic nitrogens is 1. The SMILES string of the molecule is CC(c1nccs1)N1C(=O)NC(=O)C(C)(C)C1=O. The van der Waals surface area contributed by atoms with Crippen molar-refractivity contribution >= 4 is 29.2 Å². The lowest BCUT2D eigenvalue weighted by Gasteiger charge is -2.37. The molecule has 0 aromatic carbocycles. The number of carbonyl (C=O) groups excluding carboxylic acids is 3. The van der Waals surface area contributed by atoms with Crippen LogP contribution in [0.3, 0.4) is 0 Å². The Labute approximate surface area is 108 Å². The van der Waals surface area contributed by atoms with Crippen molar-refractivity contribution in [1.82, 2.24) is 15.2 Å². The summed E-state index contributed by atoms with van der Waals surface area (Å²) < 4.78 is 0. The maximum absolute atomic E-state index is 12.2. The molecular weight excluding hydrogens is 254 g/mol. The van der Waals surface area contributed by atoms with Crippen molar-refractivity contribution in [2.75, 3.05) is 0 Å². The summed E-state index contributed by atoms with van der Waals surface area (Å²) in [4.78, 5) is 40.8. The van der Waals surface area contributed by atoms with Gasteiger partial charge in [-0.25, -0.2) is 9.78 Å². The number of nitrogens with zero attached hydrogens (tertiary/aromatic N) is 2. The molecule has 1 atom stereocenters. The van der Waals surface area contributed by atoms with Gasteiger partial charge in [-0.1, -0.05) is 0 Å². The second kappa shape index (κ2) is 4.16. The number of urea groups is 1. The number of thiazole rings is 1. The minimum absolute atomic E-state index is 0.482. The van der Waals surface area contributed by atoms with Gasteiger partial charge in [0, 0.05) is 11.6 Å². The number of hydrogen-bond donors (Lipinski definition) is 1. The number of carbonyl (C=O) groups is 3. The number of barbiturate groups is 1. The van der Waals surface area contributed by atoms with Crippen LogP contribution in [0.1, 0.15) is 31.8 Å². The van der Waals surface area contributed by atoms with Crippen LogP contribution in [0.15, 0.2) is 11.6 Å². The number of amides is 4. The van der Waals surface area contributed by atoms with Gasteiger partial charge in [-0.3, -0.25) is 19.8 Å². The Bertz CT molecular complexity index is 510. The van der Waals surface area contributed by atoms with Gasteiger partial charge in [-0.05, 0) is 20.8 Å². The first-order valence-corrected chi connectivity index (χ1v) is 6.32. The fourth-order valence-electron chi connectivity index (χ4n) is 1.71. The molecule has 0 bridgehead atoms. The third kappa shape index (κ3) is 1.80. The highest BCUT2D eigenvalue weighted by Gasteiger charge is 2.49. The Balaban J connectivity index is 2.35. The molecule has 2 heterocycles. The molecule has 1 aromatic rings. The zero-order valence-electron chi connectivity index (χ0n) is 10.3. The predicted molar refractivity (Wildman–Crippen MR) is 64.7 cm³/mol. The Morgan fingerprint density at radius 1 is 1.39 bits per heavy atom. The zero-order valence-corrected chi connectivity index (χ0v) is 11.1. The van der Waals surface area contributed by atoms with E-state index in [0.29, 0.717) is 5.01 Å². The van der Waals surface area contributed by atoms with E-state index >= 15 is 0 Å². The summed E-state index contributed by atoms with van der Waals surface area (Å²) in [5.74, 6) is -1.07. The van der Waals surface area contributed by atoms with Crippen LogP contribution in [0, 0.1) is 5.41 Å². The van der Waals surface area contributed by atoms with Crippen molar-refractivity contribution in [3.8, 4) is 0 Å². The van der Waals surface area contributed by atoms with Crippen LogP contribution < -0.4 is 5.32 Å². The second-order valence-corrected chi connectivity index (χ2v) is 5.53. The molecule has 1 fully saturated rings. The fraction of sp³-hybridized carbons (Fsp3) is 0.455. The molecule has 2 rings (SSSR count). The topological polar surface area (TPSA) is 79.4 Å². The van der Waals surface area contributed by atoms with Crippen molar-refractivity contribution in [1.29, 1.82) is 0 Å². The lowest BCUT2D eigenvalue weighted by molar-refractivity contribution is -0.150. The largest absolute Gasteiger partial charge is 0.331 e. The van der Waals surface area contributed by atoms with E-state index in [4.69, 9.17) is 0 Å². The third-order valence-corrected chi connectivity index (χ3v) is 3.90. The number of hydrogen-bond acceptors (Lipinski definition) is 5. The molecule has 96 valence electrons. The van der Waals surface area contributed by atoms with Crippen LogP contribution in [0.5, 0.6) is 0 Å². The van der Waals surface area contributed by atoms with E-state index in [-0.39, 0.29) is 0 Å². The van der Waals surface area contributed by atoms with Gasteiger partial charge in [0.1, 0.15) is 10.4 Å². The van der Waals surface area contributed by atoms with Crippen LogP contribution in [0.4, 0.5) is 4.79 Å². The Morgan fingerprint density at radius 2 is 2.06 bits per heavy atom. The molecule has 4 amide bonds. The highest BCUT2D eigenvalue weighted by molar-refractivity contribution is 7.09. The molecule has 1 aliphatic heterocycles. The quantitative estimate of drug-likeness (QED) is 0.819. The fourth-order valence-corrected chi connectivity index (χ4v) is 2.39. The summed E-state index contributed by atoms with van der Waals surface area (Å²) in [5, 5.41) is 4.63.